The summed E-state index contributed by atoms with van der Waals surface area (Å²) in [6.45, 7) is 0.245. The van der Waals surface area contributed by atoms with E-state index in [-0.39, 0.29) is 24.5 Å². The molecule has 0 amide bonds. The van der Waals surface area contributed by atoms with Crippen LogP contribution in [0, 0.1) is 11.3 Å². The van der Waals surface area contributed by atoms with Crippen molar-refractivity contribution >= 4 is 5.78 Å². The number of ether oxygens (including phenoxy) is 2. The molecule has 0 saturated carbocycles. The summed E-state index contributed by atoms with van der Waals surface area (Å²) in [6.07, 6.45) is -0.215. The summed E-state index contributed by atoms with van der Waals surface area (Å²) in [7, 11) is 1.61. The number of fused-ring (bicyclic) bond motifs is 3. The predicted molar refractivity (Wildman–Crippen MR) is 94.4 cm³/mol. The highest BCUT2D eigenvalue weighted by molar-refractivity contribution is 5.99. The summed E-state index contributed by atoms with van der Waals surface area (Å²) in [5.74, 6) is 1.17. The Hall–Kier alpha value is -3.59. The fourth-order valence-electron chi connectivity index (χ4n) is 3.09. The molecule has 6 heteroatoms. The Balaban J connectivity index is 1.94. The quantitative estimate of drug-likeness (QED) is 0.676. The molecule has 6 nitrogen and oxygen atoms in total. The van der Waals surface area contributed by atoms with Crippen LogP contribution < -0.4 is 9.47 Å². The Morgan fingerprint density at radius 2 is 2.04 bits per heavy atom. The molecule has 1 aliphatic heterocycles. The maximum Gasteiger partial charge on any atom is 0.197 e. The molecule has 0 atom stereocenters. The zero-order valence-corrected chi connectivity index (χ0v) is 14.1. The monoisotopic (exact) mass is 345 g/mol. The Morgan fingerprint density at radius 3 is 2.77 bits per heavy atom. The minimum absolute atomic E-state index is 0.215. The summed E-state index contributed by atoms with van der Waals surface area (Å²) >= 11 is 0. The molecule has 3 aromatic rings. The van der Waals surface area contributed by atoms with Gasteiger partial charge in [-0.15, -0.1) is 0 Å². The van der Waals surface area contributed by atoms with Crippen LogP contribution in [-0.4, -0.2) is 22.7 Å². The van der Waals surface area contributed by atoms with Crippen LogP contribution in [-0.2, 0) is 6.61 Å². The normalized spacial score (nSPS) is 11.7. The lowest BCUT2D eigenvalue weighted by atomic mass is 10.0. The number of carbonyl (C=O) groups is 1. The molecule has 0 aliphatic carbocycles. The van der Waals surface area contributed by atoms with E-state index in [1.807, 2.05) is 54.6 Å². The Labute approximate surface area is 150 Å². The molecule has 0 N–H and O–H groups in total. The van der Waals surface area contributed by atoms with Crippen LogP contribution in [0.2, 0.25) is 0 Å². The minimum atomic E-state index is -0.306. The fourth-order valence-corrected chi connectivity index (χ4v) is 3.09. The van der Waals surface area contributed by atoms with Gasteiger partial charge in [-0.3, -0.25) is 4.79 Å². The standard InChI is InChI=1S/C20H15N3O3/c1-25-14-8-6-13(7-9-14)23-20-15-4-2-3-5-18(15)26-12-16(20)19(22-23)17(24)10-11-21/h2-9H,10,12H2,1H3. The van der Waals surface area contributed by atoms with Crippen molar-refractivity contribution in [3.05, 3.63) is 59.8 Å². The number of hydrogen-bond donors (Lipinski definition) is 0. The van der Waals surface area contributed by atoms with Crippen LogP contribution in [0.4, 0.5) is 0 Å². The molecule has 0 bridgehead atoms. The number of para-hydroxylation sites is 1. The predicted octanol–water partition coefficient (Wildman–Crippen LogP) is 3.54. The van der Waals surface area contributed by atoms with Gasteiger partial charge in [0, 0.05) is 11.1 Å². The maximum atomic E-state index is 12.4. The van der Waals surface area contributed by atoms with Crippen LogP contribution in [0.3, 0.4) is 0 Å². The zero-order chi connectivity index (χ0) is 18.1. The van der Waals surface area contributed by atoms with Crippen molar-refractivity contribution in [3.63, 3.8) is 0 Å². The van der Waals surface area contributed by atoms with E-state index in [2.05, 4.69) is 5.10 Å². The number of methoxy groups -OCH3 is 1. The number of Topliss-reactive ketones (excluding diaryl/α,β-unsaturated/α-hetero) is 1. The van der Waals surface area contributed by atoms with Gasteiger partial charge in [-0.2, -0.15) is 10.4 Å². The first-order valence-corrected chi connectivity index (χ1v) is 8.11. The van der Waals surface area contributed by atoms with Crippen LogP contribution in [0.5, 0.6) is 11.5 Å². The molecule has 0 saturated heterocycles. The van der Waals surface area contributed by atoms with Crippen molar-refractivity contribution in [2.45, 2.75) is 13.0 Å². The number of hydrogen-bond acceptors (Lipinski definition) is 5. The highest BCUT2D eigenvalue weighted by Gasteiger charge is 2.29. The highest BCUT2D eigenvalue weighted by atomic mass is 16.5. The molecule has 0 radical (unpaired) electrons. The Morgan fingerprint density at radius 1 is 1.27 bits per heavy atom. The third-order valence-corrected chi connectivity index (χ3v) is 4.32. The lowest BCUT2D eigenvalue weighted by Crippen LogP contribution is -2.09. The first kappa shape index (κ1) is 15.9. The van der Waals surface area contributed by atoms with E-state index in [4.69, 9.17) is 14.7 Å². The summed E-state index contributed by atoms with van der Waals surface area (Å²) < 4.78 is 12.7. The maximum absolute atomic E-state index is 12.4. The van der Waals surface area contributed by atoms with Crippen molar-refractivity contribution < 1.29 is 14.3 Å². The van der Waals surface area contributed by atoms with E-state index in [1.165, 1.54) is 0 Å². The molecule has 2 aromatic carbocycles. The summed E-state index contributed by atoms with van der Waals surface area (Å²) in [5.41, 5.74) is 3.48. The molecular weight excluding hydrogens is 330 g/mol. The second-order valence-corrected chi connectivity index (χ2v) is 5.83. The van der Waals surface area contributed by atoms with Gasteiger partial charge in [-0.05, 0) is 36.4 Å². The number of benzene rings is 2. The number of nitriles is 1. The van der Waals surface area contributed by atoms with Crippen molar-refractivity contribution in [3.8, 4) is 34.5 Å². The van der Waals surface area contributed by atoms with Crippen molar-refractivity contribution in [1.82, 2.24) is 9.78 Å². The third-order valence-electron chi connectivity index (χ3n) is 4.32. The topological polar surface area (TPSA) is 77.1 Å². The Kier molecular flexibility index (Phi) is 3.90. The average Bonchev–Trinajstić information content (AvgIpc) is 3.08. The number of ketones is 1. The van der Waals surface area contributed by atoms with Gasteiger partial charge in [-0.25, -0.2) is 4.68 Å². The molecule has 0 fully saturated rings. The van der Waals surface area contributed by atoms with Crippen LogP contribution >= 0.6 is 0 Å². The number of carbonyl (C=O) groups excluding carboxylic acids is 1. The Bertz CT molecular complexity index is 1030. The lowest BCUT2D eigenvalue weighted by Gasteiger charge is -2.19. The van der Waals surface area contributed by atoms with Gasteiger partial charge < -0.3 is 9.47 Å². The summed E-state index contributed by atoms with van der Waals surface area (Å²) in [6, 6.07) is 17.0. The molecule has 26 heavy (non-hydrogen) atoms. The summed E-state index contributed by atoms with van der Waals surface area (Å²) in [5, 5.41) is 13.4. The van der Waals surface area contributed by atoms with Gasteiger partial charge in [-0.1, -0.05) is 12.1 Å². The van der Waals surface area contributed by atoms with Crippen molar-refractivity contribution in [1.29, 1.82) is 5.26 Å². The minimum Gasteiger partial charge on any atom is -0.497 e. The van der Waals surface area contributed by atoms with Crippen LogP contribution in [0.1, 0.15) is 22.5 Å². The molecule has 2 heterocycles. The SMILES string of the molecule is COc1ccc(-n2nc(C(=O)CC#N)c3c2-c2ccccc2OC3)cc1. The van der Waals surface area contributed by atoms with E-state index < -0.39 is 0 Å². The molecule has 0 unspecified atom stereocenters. The van der Waals surface area contributed by atoms with E-state index in [0.717, 1.165) is 28.4 Å². The highest BCUT2D eigenvalue weighted by Crippen LogP contribution is 2.40. The second kappa shape index (κ2) is 6.37. The van der Waals surface area contributed by atoms with Crippen molar-refractivity contribution in [2.24, 2.45) is 0 Å². The van der Waals surface area contributed by atoms with Crippen LogP contribution in [0.15, 0.2) is 48.5 Å². The molecule has 1 aromatic heterocycles. The van der Waals surface area contributed by atoms with Gasteiger partial charge in [0.25, 0.3) is 0 Å². The van der Waals surface area contributed by atoms with E-state index in [9.17, 15) is 4.79 Å². The molecule has 128 valence electrons. The summed E-state index contributed by atoms with van der Waals surface area (Å²) in [4.78, 5) is 12.4. The van der Waals surface area contributed by atoms with Gasteiger partial charge in [0.05, 0.1) is 24.6 Å². The van der Waals surface area contributed by atoms with Gasteiger partial charge >= 0.3 is 0 Å². The molecular formula is C20H15N3O3. The third kappa shape index (κ3) is 2.50. The van der Waals surface area contributed by atoms with Crippen LogP contribution in [0.25, 0.3) is 16.9 Å². The average molecular weight is 345 g/mol. The first-order chi connectivity index (χ1) is 12.7. The molecule has 1 aliphatic rings. The van der Waals surface area contributed by atoms with Gasteiger partial charge in [0.1, 0.15) is 30.2 Å². The zero-order valence-electron chi connectivity index (χ0n) is 14.1. The number of nitrogens with zero attached hydrogens (tertiary/aromatic N) is 3. The largest absolute Gasteiger partial charge is 0.497 e. The number of aromatic nitrogens is 2. The molecule has 4 rings (SSSR count). The second-order valence-electron chi connectivity index (χ2n) is 5.83. The lowest BCUT2D eigenvalue weighted by molar-refractivity contribution is 0.0990. The van der Waals surface area contributed by atoms with E-state index in [1.54, 1.807) is 11.8 Å². The van der Waals surface area contributed by atoms with E-state index in [0.29, 0.717) is 5.56 Å². The van der Waals surface area contributed by atoms with Gasteiger partial charge in [0.15, 0.2) is 5.78 Å². The number of rotatable bonds is 4. The van der Waals surface area contributed by atoms with Gasteiger partial charge in [0.2, 0.25) is 0 Å². The fraction of sp³-hybridized carbons (Fsp3) is 0.150. The van der Waals surface area contributed by atoms with E-state index >= 15 is 0 Å². The molecule has 0 spiro atoms. The first-order valence-electron chi connectivity index (χ1n) is 8.11. The smallest absolute Gasteiger partial charge is 0.197 e. The van der Waals surface area contributed by atoms with Crippen molar-refractivity contribution in [2.75, 3.05) is 7.11 Å².